The monoisotopic (exact) mass is 231 g/mol. The van der Waals surface area contributed by atoms with Crippen LogP contribution in [-0.4, -0.2) is 16.3 Å². The summed E-state index contributed by atoms with van der Waals surface area (Å²) < 4.78 is 7.57. The van der Waals surface area contributed by atoms with Gasteiger partial charge in [-0.1, -0.05) is 0 Å². The maximum Gasteiger partial charge on any atom is 0.137 e. The molecule has 1 atom stereocenters. The van der Waals surface area contributed by atoms with Gasteiger partial charge in [0, 0.05) is 13.2 Å². The zero-order valence-corrected chi connectivity index (χ0v) is 10.2. The van der Waals surface area contributed by atoms with E-state index in [1.165, 1.54) is 6.42 Å². The molecule has 0 saturated carbocycles. The third kappa shape index (κ3) is 1.89. The quantitative estimate of drug-likeness (QED) is 0.863. The average Bonchev–Trinajstić information content (AvgIpc) is 2.96. The zero-order chi connectivity index (χ0) is 11.8. The van der Waals surface area contributed by atoms with Crippen LogP contribution in [0.3, 0.4) is 0 Å². The SMILES string of the molecule is Cc1ccc(-c2cn(C)nc2C2CCCN2)o1. The minimum Gasteiger partial charge on any atom is -0.461 e. The Labute approximate surface area is 101 Å². The van der Waals surface area contributed by atoms with Crippen LogP contribution in [-0.2, 0) is 7.05 Å². The highest BCUT2D eigenvalue weighted by Crippen LogP contribution is 2.32. The third-order valence-corrected chi connectivity index (χ3v) is 3.25. The lowest BCUT2D eigenvalue weighted by Gasteiger charge is -2.08. The van der Waals surface area contributed by atoms with Crippen molar-refractivity contribution in [1.29, 1.82) is 0 Å². The van der Waals surface area contributed by atoms with Gasteiger partial charge in [-0.2, -0.15) is 5.10 Å². The second-order valence-corrected chi connectivity index (χ2v) is 4.66. The molecule has 0 spiro atoms. The van der Waals surface area contributed by atoms with Crippen molar-refractivity contribution in [2.24, 2.45) is 7.05 Å². The Morgan fingerprint density at radius 2 is 2.35 bits per heavy atom. The fourth-order valence-corrected chi connectivity index (χ4v) is 2.45. The van der Waals surface area contributed by atoms with E-state index < -0.39 is 0 Å². The molecule has 1 N–H and O–H groups in total. The minimum atomic E-state index is 0.372. The Bertz CT molecular complexity index is 521. The van der Waals surface area contributed by atoms with Crippen molar-refractivity contribution < 1.29 is 4.42 Å². The van der Waals surface area contributed by atoms with Gasteiger partial charge in [-0.3, -0.25) is 4.68 Å². The van der Waals surface area contributed by atoms with Gasteiger partial charge in [-0.05, 0) is 38.4 Å². The molecular formula is C13H17N3O. The fourth-order valence-electron chi connectivity index (χ4n) is 2.45. The first-order chi connectivity index (χ1) is 8.24. The Balaban J connectivity index is 2.03. The predicted octanol–water partition coefficient (Wildman–Crippen LogP) is 2.41. The van der Waals surface area contributed by atoms with Crippen LogP contribution in [0.1, 0.15) is 30.3 Å². The molecule has 0 aromatic carbocycles. The van der Waals surface area contributed by atoms with Gasteiger partial charge in [-0.15, -0.1) is 0 Å². The summed E-state index contributed by atoms with van der Waals surface area (Å²) in [5.74, 6) is 1.86. The molecule has 0 amide bonds. The van der Waals surface area contributed by atoms with Crippen molar-refractivity contribution in [3.63, 3.8) is 0 Å². The number of furan rings is 1. The topological polar surface area (TPSA) is 43.0 Å². The Hall–Kier alpha value is -1.55. The molecule has 0 bridgehead atoms. The molecule has 17 heavy (non-hydrogen) atoms. The lowest BCUT2D eigenvalue weighted by atomic mass is 10.1. The standard InChI is InChI=1S/C13H17N3O/c1-9-5-6-12(17-9)10-8-16(2)15-13(10)11-4-3-7-14-11/h5-6,8,11,14H,3-4,7H2,1-2H3. The number of aryl methyl sites for hydroxylation is 2. The van der Waals surface area contributed by atoms with Crippen molar-refractivity contribution in [2.45, 2.75) is 25.8 Å². The molecule has 0 radical (unpaired) electrons. The van der Waals surface area contributed by atoms with Gasteiger partial charge in [0.15, 0.2) is 0 Å². The number of nitrogens with one attached hydrogen (secondary N) is 1. The highest BCUT2D eigenvalue weighted by atomic mass is 16.3. The highest BCUT2D eigenvalue weighted by Gasteiger charge is 2.24. The Morgan fingerprint density at radius 1 is 1.47 bits per heavy atom. The van der Waals surface area contributed by atoms with Crippen LogP contribution < -0.4 is 5.32 Å². The Kier molecular flexibility index (Phi) is 2.52. The van der Waals surface area contributed by atoms with E-state index >= 15 is 0 Å². The van der Waals surface area contributed by atoms with Gasteiger partial charge in [0.05, 0.1) is 17.3 Å². The molecule has 1 fully saturated rings. The summed E-state index contributed by atoms with van der Waals surface area (Å²) in [5.41, 5.74) is 2.22. The molecule has 0 aliphatic carbocycles. The van der Waals surface area contributed by atoms with E-state index in [0.29, 0.717) is 6.04 Å². The van der Waals surface area contributed by atoms with Crippen LogP contribution in [0.4, 0.5) is 0 Å². The average molecular weight is 231 g/mol. The molecule has 2 aromatic rings. The molecule has 1 aliphatic rings. The molecule has 1 saturated heterocycles. The molecule has 1 unspecified atom stereocenters. The highest BCUT2D eigenvalue weighted by molar-refractivity contribution is 5.60. The van der Waals surface area contributed by atoms with Crippen LogP contribution >= 0.6 is 0 Å². The van der Waals surface area contributed by atoms with Crippen molar-refractivity contribution in [2.75, 3.05) is 6.54 Å². The Morgan fingerprint density at radius 3 is 3.00 bits per heavy atom. The molecule has 3 rings (SSSR count). The van der Waals surface area contributed by atoms with E-state index in [-0.39, 0.29) is 0 Å². The second kappa shape index (κ2) is 4.04. The first kappa shape index (κ1) is 10.6. The van der Waals surface area contributed by atoms with Crippen LogP contribution in [0, 0.1) is 6.92 Å². The van der Waals surface area contributed by atoms with Gasteiger partial charge in [0.2, 0.25) is 0 Å². The summed E-state index contributed by atoms with van der Waals surface area (Å²) >= 11 is 0. The molecule has 2 aromatic heterocycles. The lowest BCUT2D eigenvalue weighted by Crippen LogP contribution is -2.14. The van der Waals surface area contributed by atoms with E-state index in [9.17, 15) is 0 Å². The van der Waals surface area contributed by atoms with Gasteiger partial charge in [-0.25, -0.2) is 0 Å². The number of hydrogen-bond donors (Lipinski definition) is 1. The van der Waals surface area contributed by atoms with Crippen molar-refractivity contribution in [1.82, 2.24) is 15.1 Å². The fraction of sp³-hybridized carbons (Fsp3) is 0.462. The molecule has 4 nitrogen and oxygen atoms in total. The summed E-state index contributed by atoms with van der Waals surface area (Å²) in [7, 11) is 1.96. The zero-order valence-electron chi connectivity index (χ0n) is 10.2. The summed E-state index contributed by atoms with van der Waals surface area (Å²) in [6.07, 6.45) is 4.41. The van der Waals surface area contributed by atoms with Gasteiger partial charge >= 0.3 is 0 Å². The smallest absolute Gasteiger partial charge is 0.137 e. The minimum absolute atomic E-state index is 0.372. The first-order valence-electron chi connectivity index (χ1n) is 6.08. The van der Waals surface area contributed by atoms with Crippen LogP contribution in [0.5, 0.6) is 0 Å². The van der Waals surface area contributed by atoms with E-state index in [4.69, 9.17) is 4.42 Å². The van der Waals surface area contributed by atoms with E-state index in [2.05, 4.69) is 10.4 Å². The molecule has 4 heteroatoms. The summed E-state index contributed by atoms with van der Waals surface area (Å²) in [6.45, 7) is 3.05. The number of nitrogens with zero attached hydrogens (tertiary/aromatic N) is 2. The number of aromatic nitrogens is 2. The van der Waals surface area contributed by atoms with Crippen LogP contribution in [0.15, 0.2) is 22.7 Å². The summed E-state index contributed by atoms with van der Waals surface area (Å²) in [4.78, 5) is 0. The lowest BCUT2D eigenvalue weighted by molar-refractivity contribution is 0.545. The molecule has 90 valence electrons. The van der Waals surface area contributed by atoms with Crippen molar-refractivity contribution >= 4 is 0 Å². The van der Waals surface area contributed by atoms with Crippen molar-refractivity contribution in [3.05, 3.63) is 29.8 Å². The number of hydrogen-bond acceptors (Lipinski definition) is 3. The largest absolute Gasteiger partial charge is 0.461 e. The molecular weight excluding hydrogens is 214 g/mol. The van der Waals surface area contributed by atoms with E-state index in [0.717, 1.165) is 35.7 Å². The molecule has 1 aliphatic heterocycles. The third-order valence-electron chi connectivity index (χ3n) is 3.25. The number of rotatable bonds is 2. The van der Waals surface area contributed by atoms with Gasteiger partial charge < -0.3 is 9.73 Å². The van der Waals surface area contributed by atoms with Crippen LogP contribution in [0.2, 0.25) is 0 Å². The second-order valence-electron chi connectivity index (χ2n) is 4.66. The van der Waals surface area contributed by atoms with E-state index in [1.807, 2.05) is 37.0 Å². The van der Waals surface area contributed by atoms with E-state index in [1.54, 1.807) is 0 Å². The maximum atomic E-state index is 5.70. The van der Waals surface area contributed by atoms with Crippen LogP contribution in [0.25, 0.3) is 11.3 Å². The predicted molar refractivity (Wildman–Crippen MR) is 65.6 cm³/mol. The first-order valence-corrected chi connectivity index (χ1v) is 6.08. The normalized spacial score (nSPS) is 20.0. The van der Waals surface area contributed by atoms with Gasteiger partial charge in [0.1, 0.15) is 11.5 Å². The molecule has 3 heterocycles. The summed E-state index contributed by atoms with van der Waals surface area (Å²) in [5, 5.41) is 8.06. The van der Waals surface area contributed by atoms with Crippen molar-refractivity contribution in [3.8, 4) is 11.3 Å². The van der Waals surface area contributed by atoms with Gasteiger partial charge in [0.25, 0.3) is 0 Å². The maximum absolute atomic E-state index is 5.70. The summed E-state index contributed by atoms with van der Waals surface area (Å²) in [6, 6.07) is 4.38.